The summed E-state index contributed by atoms with van der Waals surface area (Å²) in [5.41, 5.74) is 3.94. The number of para-hydroxylation sites is 1. The molecule has 1 fully saturated rings. The summed E-state index contributed by atoms with van der Waals surface area (Å²) in [6.45, 7) is 13.3. The van der Waals surface area contributed by atoms with E-state index in [1.165, 1.54) is 22.2 Å². The van der Waals surface area contributed by atoms with Gasteiger partial charge in [0.25, 0.3) is 0 Å². The van der Waals surface area contributed by atoms with Crippen LogP contribution >= 0.6 is 0 Å². The summed E-state index contributed by atoms with van der Waals surface area (Å²) in [6, 6.07) is 19.2. The lowest BCUT2D eigenvalue weighted by Crippen LogP contribution is -2.59. The average Bonchev–Trinajstić information content (AvgIpc) is 3.08. The van der Waals surface area contributed by atoms with E-state index in [0.717, 1.165) is 25.1 Å². The number of nitrogens with one attached hydrogen (secondary N) is 1. The van der Waals surface area contributed by atoms with E-state index in [1.807, 2.05) is 0 Å². The number of ether oxygens (including phenoxy) is 2. The van der Waals surface area contributed by atoms with E-state index in [4.69, 9.17) is 9.47 Å². The van der Waals surface area contributed by atoms with Gasteiger partial charge >= 0.3 is 0 Å². The van der Waals surface area contributed by atoms with Gasteiger partial charge < -0.3 is 19.4 Å². The number of hydrogen-bond donors (Lipinski definition) is 1. The van der Waals surface area contributed by atoms with Crippen molar-refractivity contribution in [2.75, 3.05) is 13.2 Å². The molecule has 2 aromatic carbocycles. The molecule has 0 atom stereocenters. The normalized spacial score (nSPS) is 18.4. The van der Waals surface area contributed by atoms with Crippen LogP contribution in [-0.2, 0) is 11.3 Å². The number of aryl methyl sites for hydroxylation is 1. The number of hydrogen-bond acceptors (Lipinski definition) is 3. The zero-order valence-corrected chi connectivity index (χ0v) is 19.6. The lowest BCUT2D eigenvalue weighted by atomic mass is 9.81. The van der Waals surface area contributed by atoms with Crippen LogP contribution in [0.2, 0.25) is 0 Å². The van der Waals surface area contributed by atoms with E-state index in [2.05, 4.69) is 99.1 Å². The monoisotopic (exact) mass is 420 g/mol. The van der Waals surface area contributed by atoms with Crippen LogP contribution in [-0.4, -0.2) is 35.0 Å². The zero-order chi connectivity index (χ0) is 22.1. The molecule has 1 aliphatic heterocycles. The van der Waals surface area contributed by atoms with Gasteiger partial charge in [0, 0.05) is 34.2 Å². The first-order valence-corrected chi connectivity index (χ1v) is 11.5. The molecule has 0 radical (unpaired) electrons. The molecule has 0 unspecified atom stereocenters. The van der Waals surface area contributed by atoms with Crippen LogP contribution in [0.15, 0.2) is 54.6 Å². The van der Waals surface area contributed by atoms with Gasteiger partial charge in [0.2, 0.25) is 0 Å². The van der Waals surface area contributed by atoms with Crippen molar-refractivity contribution >= 4 is 10.9 Å². The molecule has 1 aliphatic rings. The number of nitrogens with zero attached hydrogens (tertiary/aromatic N) is 1. The maximum atomic E-state index is 6.16. The van der Waals surface area contributed by atoms with Gasteiger partial charge in [-0.1, -0.05) is 18.2 Å². The maximum absolute atomic E-state index is 6.16. The minimum atomic E-state index is 0.101. The molecule has 4 nitrogen and oxygen atoms in total. The Morgan fingerprint density at radius 1 is 0.935 bits per heavy atom. The predicted molar refractivity (Wildman–Crippen MR) is 129 cm³/mol. The third-order valence-corrected chi connectivity index (χ3v) is 6.14. The van der Waals surface area contributed by atoms with E-state index < -0.39 is 0 Å². The maximum Gasteiger partial charge on any atom is 0.119 e. The Hall–Kier alpha value is -2.30. The van der Waals surface area contributed by atoms with Crippen molar-refractivity contribution < 1.29 is 9.47 Å². The van der Waals surface area contributed by atoms with E-state index in [0.29, 0.717) is 13.2 Å². The molecule has 0 saturated carbocycles. The molecule has 2 heterocycles. The fraction of sp³-hybridized carbons (Fsp3) is 0.481. The number of aromatic nitrogens is 1. The second-order valence-electron chi connectivity index (χ2n) is 10.00. The number of benzene rings is 2. The third kappa shape index (κ3) is 5.13. The van der Waals surface area contributed by atoms with Gasteiger partial charge in [0.15, 0.2) is 0 Å². The summed E-state index contributed by atoms with van der Waals surface area (Å²) in [5, 5.41) is 4.98. The minimum Gasteiger partial charge on any atom is -0.491 e. The summed E-state index contributed by atoms with van der Waals surface area (Å²) in [6.07, 6.45) is 2.32. The standard InChI is InChI=1S/C27H36N2O2/c1-6-29-24-10-8-7-9-21(24)17-25(29)20-11-13-22(14-12-20)30-15-16-31-23-18-26(2,3)28-27(4,5)19-23/h7-14,17,23,28H,6,15-16,18-19H2,1-5H3. The first-order chi connectivity index (χ1) is 14.8. The molecule has 1 saturated heterocycles. The topological polar surface area (TPSA) is 35.4 Å². The molecular formula is C27H36N2O2. The van der Waals surface area contributed by atoms with Crippen molar-refractivity contribution in [1.82, 2.24) is 9.88 Å². The average molecular weight is 421 g/mol. The van der Waals surface area contributed by atoms with Gasteiger partial charge in [0.05, 0.1) is 12.7 Å². The van der Waals surface area contributed by atoms with Crippen LogP contribution in [0.3, 0.4) is 0 Å². The van der Waals surface area contributed by atoms with Gasteiger partial charge in [0.1, 0.15) is 12.4 Å². The SMILES string of the molecule is CCn1c(-c2ccc(OCCOC3CC(C)(C)NC(C)(C)C3)cc2)cc2ccccc21. The highest BCUT2D eigenvalue weighted by atomic mass is 16.5. The van der Waals surface area contributed by atoms with E-state index >= 15 is 0 Å². The third-order valence-electron chi connectivity index (χ3n) is 6.14. The van der Waals surface area contributed by atoms with E-state index in [-0.39, 0.29) is 17.2 Å². The highest BCUT2D eigenvalue weighted by Gasteiger charge is 2.38. The summed E-state index contributed by atoms with van der Waals surface area (Å²) in [4.78, 5) is 0. The molecule has 0 bridgehead atoms. The summed E-state index contributed by atoms with van der Waals surface area (Å²) in [7, 11) is 0. The van der Waals surface area contributed by atoms with Crippen LogP contribution < -0.4 is 10.1 Å². The van der Waals surface area contributed by atoms with Crippen LogP contribution in [0.4, 0.5) is 0 Å². The molecule has 0 spiro atoms. The van der Waals surface area contributed by atoms with Gasteiger partial charge in [-0.15, -0.1) is 0 Å². The molecule has 0 aliphatic carbocycles. The number of rotatable bonds is 7. The fourth-order valence-corrected chi connectivity index (χ4v) is 5.23. The Morgan fingerprint density at radius 2 is 1.61 bits per heavy atom. The molecule has 31 heavy (non-hydrogen) atoms. The molecule has 166 valence electrons. The van der Waals surface area contributed by atoms with Crippen LogP contribution in [0.5, 0.6) is 5.75 Å². The Bertz CT molecular complexity index is 1000. The van der Waals surface area contributed by atoms with Gasteiger partial charge in [-0.05, 0) is 89.4 Å². The Balaban J connectivity index is 1.34. The van der Waals surface area contributed by atoms with Crippen molar-refractivity contribution in [1.29, 1.82) is 0 Å². The number of fused-ring (bicyclic) bond motifs is 1. The van der Waals surface area contributed by atoms with Crippen LogP contribution in [0, 0.1) is 0 Å². The van der Waals surface area contributed by atoms with Crippen molar-refractivity contribution in [2.45, 2.75) is 71.2 Å². The molecule has 3 aromatic rings. The molecule has 4 rings (SSSR count). The van der Waals surface area contributed by atoms with Gasteiger partial charge in [-0.25, -0.2) is 0 Å². The largest absolute Gasteiger partial charge is 0.491 e. The predicted octanol–water partition coefficient (Wildman–Crippen LogP) is 6.03. The highest BCUT2D eigenvalue weighted by molar-refractivity contribution is 5.87. The highest BCUT2D eigenvalue weighted by Crippen LogP contribution is 2.31. The molecule has 1 aromatic heterocycles. The van der Waals surface area contributed by atoms with Gasteiger partial charge in [-0.2, -0.15) is 0 Å². The molecular weight excluding hydrogens is 384 g/mol. The Kier molecular flexibility index (Phi) is 6.14. The second kappa shape index (κ2) is 8.68. The molecule has 0 amide bonds. The van der Waals surface area contributed by atoms with Crippen molar-refractivity contribution in [3.63, 3.8) is 0 Å². The quantitative estimate of drug-likeness (QED) is 0.474. The summed E-state index contributed by atoms with van der Waals surface area (Å²) in [5.74, 6) is 0.887. The van der Waals surface area contributed by atoms with E-state index in [9.17, 15) is 0 Å². The Morgan fingerprint density at radius 3 is 2.29 bits per heavy atom. The van der Waals surface area contributed by atoms with E-state index in [1.54, 1.807) is 0 Å². The van der Waals surface area contributed by atoms with Gasteiger partial charge in [-0.3, -0.25) is 0 Å². The minimum absolute atomic E-state index is 0.101. The number of piperidine rings is 1. The Labute approximate surface area is 186 Å². The fourth-order valence-electron chi connectivity index (χ4n) is 5.23. The summed E-state index contributed by atoms with van der Waals surface area (Å²) < 4.78 is 14.5. The first kappa shape index (κ1) is 21.9. The van der Waals surface area contributed by atoms with Crippen LogP contribution in [0.25, 0.3) is 22.2 Å². The van der Waals surface area contributed by atoms with Crippen molar-refractivity contribution in [2.24, 2.45) is 0 Å². The zero-order valence-electron chi connectivity index (χ0n) is 19.6. The first-order valence-electron chi connectivity index (χ1n) is 11.5. The lowest BCUT2D eigenvalue weighted by molar-refractivity contribution is -0.0305. The lowest BCUT2D eigenvalue weighted by Gasteiger charge is -2.46. The molecule has 4 heteroatoms. The summed E-state index contributed by atoms with van der Waals surface area (Å²) >= 11 is 0. The van der Waals surface area contributed by atoms with Crippen molar-refractivity contribution in [3.8, 4) is 17.0 Å². The van der Waals surface area contributed by atoms with Crippen LogP contribution in [0.1, 0.15) is 47.5 Å². The second-order valence-corrected chi connectivity index (χ2v) is 10.00. The molecule has 1 N–H and O–H groups in total. The van der Waals surface area contributed by atoms with Crippen molar-refractivity contribution in [3.05, 3.63) is 54.6 Å². The smallest absolute Gasteiger partial charge is 0.119 e.